The van der Waals surface area contributed by atoms with Crippen molar-refractivity contribution in [3.8, 4) is 0 Å². The quantitative estimate of drug-likeness (QED) is 0.875. The predicted molar refractivity (Wildman–Crippen MR) is 85.4 cm³/mol. The molecule has 0 aliphatic heterocycles. The average Bonchev–Trinajstić information content (AvgIpc) is 2.89. The molecule has 1 aromatic heterocycles. The molecule has 0 aliphatic rings. The summed E-state index contributed by atoms with van der Waals surface area (Å²) in [7, 11) is 3.41. The van der Waals surface area contributed by atoms with E-state index in [9.17, 15) is 9.59 Å². The molecule has 2 aromatic rings. The molecule has 6 nitrogen and oxygen atoms in total. The first-order chi connectivity index (χ1) is 10.5. The minimum atomic E-state index is -0.0668. The van der Waals surface area contributed by atoms with E-state index in [2.05, 4.69) is 10.4 Å². The number of aryl methyl sites for hydroxylation is 2. The third-order valence-corrected chi connectivity index (χ3v) is 3.62. The smallest absolute Gasteiger partial charge is 0.223 e. The molecule has 2 rings (SSSR count). The Morgan fingerprint density at radius 1 is 1.27 bits per heavy atom. The van der Waals surface area contributed by atoms with Crippen molar-refractivity contribution in [3.05, 3.63) is 30.0 Å². The zero-order valence-electron chi connectivity index (χ0n) is 13.3. The standard InChI is InChI=1S/C16H22N4O2/c1-12-5-4-6-14-13(12)11-18-20(14)10-8-15(21)17-9-7-16(22)19(2)3/h4-6,11H,7-10H2,1-3H3,(H,17,21). The largest absolute Gasteiger partial charge is 0.356 e. The fourth-order valence-corrected chi connectivity index (χ4v) is 2.25. The lowest BCUT2D eigenvalue weighted by atomic mass is 10.1. The first-order valence-electron chi connectivity index (χ1n) is 7.37. The summed E-state index contributed by atoms with van der Waals surface area (Å²) < 4.78 is 1.84. The van der Waals surface area contributed by atoms with Gasteiger partial charge in [0.15, 0.2) is 0 Å². The van der Waals surface area contributed by atoms with Gasteiger partial charge in [-0.25, -0.2) is 0 Å². The van der Waals surface area contributed by atoms with E-state index in [4.69, 9.17) is 0 Å². The molecular formula is C16H22N4O2. The monoisotopic (exact) mass is 302 g/mol. The zero-order valence-corrected chi connectivity index (χ0v) is 13.3. The molecule has 0 atom stereocenters. The van der Waals surface area contributed by atoms with E-state index in [1.165, 1.54) is 10.5 Å². The van der Waals surface area contributed by atoms with Crippen LogP contribution in [-0.2, 0) is 16.1 Å². The van der Waals surface area contributed by atoms with Crippen molar-refractivity contribution in [3.63, 3.8) is 0 Å². The van der Waals surface area contributed by atoms with E-state index in [-0.39, 0.29) is 11.8 Å². The Hall–Kier alpha value is -2.37. The Morgan fingerprint density at radius 3 is 2.77 bits per heavy atom. The van der Waals surface area contributed by atoms with Crippen molar-refractivity contribution < 1.29 is 9.59 Å². The second-order valence-corrected chi connectivity index (χ2v) is 5.51. The molecule has 0 saturated heterocycles. The Labute approximate surface area is 130 Å². The lowest BCUT2D eigenvalue weighted by Gasteiger charge is -2.10. The fourth-order valence-electron chi connectivity index (χ4n) is 2.25. The normalized spacial score (nSPS) is 10.7. The highest BCUT2D eigenvalue weighted by molar-refractivity contribution is 5.82. The molecular weight excluding hydrogens is 280 g/mol. The van der Waals surface area contributed by atoms with Crippen LogP contribution < -0.4 is 5.32 Å². The number of hydrogen-bond acceptors (Lipinski definition) is 3. The van der Waals surface area contributed by atoms with E-state index in [1.54, 1.807) is 14.1 Å². The number of rotatable bonds is 6. The van der Waals surface area contributed by atoms with Crippen LogP contribution >= 0.6 is 0 Å². The third-order valence-electron chi connectivity index (χ3n) is 3.62. The summed E-state index contributed by atoms with van der Waals surface area (Å²) in [6, 6.07) is 6.04. The Morgan fingerprint density at radius 2 is 2.05 bits per heavy atom. The van der Waals surface area contributed by atoms with E-state index in [1.807, 2.05) is 36.0 Å². The summed E-state index contributed by atoms with van der Waals surface area (Å²) in [6.07, 6.45) is 2.50. The summed E-state index contributed by atoms with van der Waals surface area (Å²) in [5.41, 5.74) is 2.21. The first kappa shape index (κ1) is 16.0. The highest BCUT2D eigenvalue weighted by atomic mass is 16.2. The number of amides is 2. The number of benzene rings is 1. The third kappa shape index (κ3) is 3.84. The van der Waals surface area contributed by atoms with Crippen LogP contribution in [0.3, 0.4) is 0 Å². The molecule has 6 heteroatoms. The number of hydrogen-bond donors (Lipinski definition) is 1. The second-order valence-electron chi connectivity index (χ2n) is 5.51. The summed E-state index contributed by atoms with van der Waals surface area (Å²) in [6.45, 7) is 2.94. The predicted octanol–water partition coefficient (Wildman–Crippen LogP) is 1.33. The summed E-state index contributed by atoms with van der Waals surface area (Å²) in [5, 5.41) is 8.21. The van der Waals surface area contributed by atoms with Gasteiger partial charge in [-0.05, 0) is 18.6 Å². The number of aromatic nitrogens is 2. The highest BCUT2D eigenvalue weighted by Crippen LogP contribution is 2.17. The number of fused-ring (bicyclic) bond motifs is 1. The van der Waals surface area contributed by atoms with Crippen molar-refractivity contribution >= 4 is 22.7 Å². The maximum absolute atomic E-state index is 11.8. The Kier molecular flexibility index (Phi) is 5.14. The van der Waals surface area contributed by atoms with Crippen LogP contribution in [0.2, 0.25) is 0 Å². The molecule has 0 radical (unpaired) electrons. The van der Waals surface area contributed by atoms with Crippen molar-refractivity contribution in [2.24, 2.45) is 0 Å². The molecule has 1 aromatic carbocycles. The van der Waals surface area contributed by atoms with Gasteiger partial charge in [-0.3, -0.25) is 14.3 Å². The minimum Gasteiger partial charge on any atom is -0.356 e. The zero-order chi connectivity index (χ0) is 16.1. The first-order valence-corrected chi connectivity index (χ1v) is 7.37. The van der Waals surface area contributed by atoms with Gasteiger partial charge in [-0.2, -0.15) is 5.10 Å². The fraction of sp³-hybridized carbons (Fsp3) is 0.438. The molecule has 0 aliphatic carbocycles. The molecule has 0 bridgehead atoms. The van der Waals surface area contributed by atoms with Gasteiger partial charge in [-0.15, -0.1) is 0 Å². The van der Waals surface area contributed by atoms with Crippen molar-refractivity contribution in [2.75, 3.05) is 20.6 Å². The van der Waals surface area contributed by atoms with Crippen molar-refractivity contribution in [2.45, 2.75) is 26.3 Å². The molecule has 0 saturated carbocycles. The van der Waals surface area contributed by atoms with Gasteiger partial charge in [0.25, 0.3) is 0 Å². The topological polar surface area (TPSA) is 67.2 Å². The van der Waals surface area contributed by atoms with Gasteiger partial charge in [0.2, 0.25) is 11.8 Å². The maximum Gasteiger partial charge on any atom is 0.223 e. The average molecular weight is 302 g/mol. The Bertz CT molecular complexity index is 676. The van der Waals surface area contributed by atoms with Gasteiger partial charge in [0.1, 0.15) is 0 Å². The van der Waals surface area contributed by atoms with E-state index >= 15 is 0 Å². The number of nitrogens with one attached hydrogen (secondary N) is 1. The number of carbonyl (C=O) groups excluding carboxylic acids is 2. The minimum absolute atomic E-state index is 0.00819. The van der Waals surface area contributed by atoms with Crippen LogP contribution in [0.4, 0.5) is 0 Å². The van der Waals surface area contributed by atoms with Crippen LogP contribution in [0.5, 0.6) is 0 Å². The van der Waals surface area contributed by atoms with E-state index < -0.39 is 0 Å². The van der Waals surface area contributed by atoms with Crippen molar-refractivity contribution in [1.29, 1.82) is 0 Å². The molecule has 118 valence electrons. The molecule has 0 unspecified atom stereocenters. The van der Waals surface area contributed by atoms with Crippen molar-refractivity contribution in [1.82, 2.24) is 20.0 Å². The highest BCUT2D eigenvalue weighted by Gasteiger charge is 2.08. The van der Waals surface area contributed by atoms with Gasteiger partial charge in [0, 0.05) is 38.9 Å². The van der Waals surface area contributed by atoms with Crippen LogP contribution in [0.1, 0.15) is 18.4 Å². The summed E-state index contributed by atoms with van der Waals surface area (Å²) in [4.78, 5) is 24.7. The van der Waals surface area contributed by atoms with Crippen LogP contribution in [-0.4, -0.2) is 47.1 Å². The SMILES string of the molecule is Cc1cccc2c1cnn2CCC(=O)NCCC(=O)N(C)C. The van der Waals surface area contributed by atoms with Gasteiger partial charge in [-0.1, -0.05) is 12.1 Å². The van der Waals surface area contributed by atoms with Crippen LogP contribution in [0.15, 0.2) is 24.4 Å². The molecule has 0 spiro atoms. The number of nitrogens with zero attached hydrogens (tertiary/aromatic N) is 3. The molecule has 1 N–H and O–H groups in total. The summed E-state index contributed by atoms with van der Waals surface area (Å²) in [5.74, 6) is -0.0586. The lowest BCUT2D eigenvalue weighted by molar-refractivity contribution is -0.128. The lowest BCUT2D eigenvalue weighted by Crippen LogP contribution is -2.30. The Balaban J connectivity index is 1.83. The molecule has 2 amide bonds. The molecule has 0 fully saturated rings. The maximum atomic E-state index is 11.8. The van der Waals surface area contributed by atoms with Gasteiger partial charge in [0.05, 0.1) is 18.3 Å². The van der Waals surface area contributed by atoms with Gasteiger partial charge >= 0.3 is 0 Å². The molecule has 1 heterocycles. The van der Waals surface area contributed by atoms with E-state index in [0.717, 1.165) is 10.9 Å². The summed E-state index contributed by atoms with van der Waals surface area (Å²) >= 11 is 0. The van der Waals surface area contributed by atoms with Crippen LogP contribution in [0.25, 0.3) is 10.9 Å². The number of carbonyl (C=O) groups is 2. The second kappa shape index (κ2) is 7.06. The van der Waals surface area contributed by atoms with Crippen LogP contribution in [0, 0.1) is 6.92 Å². The van der Waals surface area contributed by atoms with E-state index in [0.29, 0.717) is 25.9 Å². The molecule has 22 heavy (non-hydrogen) atoms. The van der Waals surface area contributed by atoms with Gasteiger partial charge < -0.3 is 10.2 Å².